The molecule has 2 aromatic rings. The van der Waals surface area contributed by atoms with Crippen molar-refractivity contribution in [3.8, 4) is 5.75 Å². The fourth-order valence-electron chi connectivity index (χ4n) is 3.06. The summed E-state index contributed by atoms with van der Waals surface area (Å²) in [6.45, 7) is 8.23. The molecule has 28 heavy (non-hydrogen) atoms. The Hall–Kier alpha value is -2.58. The Labute approximate surface area is 160 Å². The average Bonchev–Trinajstić information content (AvgIpc) is 2.82. The fraction of sp³-hybridized carbons (Fsp3) is 0.474. The summed E-state index contributed by atoms with van der Waals surface area (Å²) in [4.78, 5) is 12.2. The highest BCUT2D eigenvalue weighted by molar-refractivity contribution is 5.87. The van der Waals surface area contributed by atoms with Crippen molar-refractivity contribution >= 4 is 11.8 Å². The van der Waals surface area contributed by atoms with Gasteiger partial charge in [-0.1, -0.05) is 45.9 Å². The quantitative estimate of drug-likeness (QED) is 0.666. The van der Waals surface area contributed by atoms with E-state index in [1.54, 1.807) is 18.2 Å². The van der Waals surface area contributed by atoms with Crippen LogP contribution in [-0.2, 0) is 13.2 Å². The van der Waals surface area contributed by atoms with Crippen molar-refractivity contribution < 1.29 is 27.1 Å². The normalized spacial score (nSPS) is 13.3. The van der Waals surface area contributed by atoms with Crippen LogP contribution in [0.25, 0.3) is 0 Å². The molecule has 0 spiro atoms. The van der Waals surface area contributed by atoms with E-state index < -0.39 is 29.7 Å². The minimum absolute atomic E-state index is 0.0352. The molecule has 0 aliphatic rings. The van der Waals surface area contributed by atoms with Crippen LogP contribution in [0.4, 0.5) is 28.0 Å². The smallest absolute Gasteiger partial charge is 0.403 e. The highest BCUT2D eigenvalue weighted by Gasteiger charge is 2.41. The van der Waals surface area contributed by atoms with E-state index in [0.717, 1.165) is 19.0 Å². The molecule has 0 bridgehead atoms. The number of alkyl halides is 3. The fourth-order valence-corrected chi connectivity index (χ4v) is 3.06. The summed E-state index contributed by atoms with van der Waals surface area (Å²) < 4.78 is 57.9. The zero-order valence-corrected chi connectivity index (χ0v) is 16.3. The molecular formula is C19H23F4N3O2. The standard InChI is InChI=1S/C19H23F4N3O2/c1-11(10-18(2,3)4)12-8-6-7-9-13(12)24-17(27)28-14-15(19(21,22)23)25-26(5)16(14)20/h6-9,11H,10H2,1-5H3,(H,24,27). The van der Waals surface area contributed by atoms with Crippen LogP contribution in [0.2, 0.25) is 0 Å². The highest BCUT2D eigenvalue weighted by Crippen LogP contribution is 2.37. The number of carbonyl (C=O) groups is 1. The lowest BCUT2D eigenvalue weighted by atomic mass is 9.82. The first kappa shape index (κ1) is 21.7. The molecule has 1 amide bonds. The zero-order chi connectivity index (χ0) is 21.3. The number of carbonyl (C=O) groups excluding carboxylic acids is 1. The zero-order valence-electron chi connectivity index (χ0n) is 16.3. The topological polar surface area (TPSA) is 56.1 Å². The molecule has 0 radical (unpaired) electrons. The van der Waals surface area contributed by atoms with E-state index in [0.29, 0.717) is 10.4 Å². The number of hydrogen-bond acceptors (Lipinski definition) is 3. The van der Waals surface area contributed by atoms with Crippen molar-refractivity contribution in [3.63, 3.8) is 0 Å². The number of anilines is 1. The number of aryl methyl sites for hydroxylation is 1. The highest BCUT2D eigenvalue weighted by atomic mass is 19.4. The number of rotatable bonds is 4. The molecule has 1 heterocycles. The van der Waals surface area contributed by atoms with E-state index in [1.807, 2.05) is 13.0 Å². The van der Waals surface area contributed by atoms with Crippen LogP contribution in [0, 0.1) is 11.4 Å². The van der Waals surface area contributed by atoms with E-state index in [-0.39, 0.29) is 11.3 Å². The number of ether oxygens (including phenoxy) is 1. The first-order valence-corrected chi connectivity index (χ1v) is 8.67. The van der Waals surface area contributed by atoms with E-state index >= 15 is 0 Å². The maximum absolute atomic E-state index is 13.9. The van der Waals surface area contributed by atoms with E-state index in [9.17, 15) is 22.4 Å². The van der Waals surface area contributed by atoms with Crippen LogP contribution in [0.5, 0.6) is 5.75 Å². The number of halogens is 4. The molecule has 5 nitrogen and oxygen atoms in total. The molecule has 0 fully saturated rings. The third kappa shape index (κ3) is 5.24. The van der Waals surface area contributed by atoms with Crippen molar-refractivity contribution in [1.82, 2.24) is 9.78 Å². The van der Waals surface area contributed by atoms with Gasteiger partial charge in [-0.25, -0.2) is 9.48 Å². The van der Waals surface area contributed by atoms with Gasteiger partial charge in [0.2, 0.25) is 11.4 Å². The van der Waals surface area contributed by atoms with Crippen molar-refractivity contribution in [2.75, 3.05) is 5.32 Å². The molecule has 1 aromatic carbocycles. The second kappa shape index (κ2) is 7.81. The first-order valence-electron chi connectivity index (χ1n) is 8.67. The van der Waals surface area contributed by atoms with Gasteiger partial charge in [-0.15, -0.1) is 0 Å². The number of para-hydroxylation sites is 1. The van der Waals surface area contributed by atoms with Crippen molar-refractivity contribution in [1.29, 1.82) is 0 Å². The van der Waals surface area contributed by atoms with Gasteiger partial charge in [-0.2, -0.15) is 22.7 Å². The molecule has 1 aromatic heterocycles. The number of nitrogens with one attached hydrogen (secondary N) is 1. The Kier molecular flexibility index (Phi) is 6.06. The lowest BCUT2D eigenvalue weighted by molar-refractivity contribution is -0.142. The van der Waals surface area contributed by atoms with Gasteiger partial charge in [0.1, 0.15) is 0 Å². The molecule has 1 unspecified atom stereocenters. The minimum Gasteiger partial charge on any atom is -0.403 e. The largest absolute Gasteiger partial charge is 0.439 e. The minimum atomic E-state index is -4.96. The second-order valence-corrected chi connectivity index (χ2v) is 7.86. The number of amides is 1. The molecule has 154 valence electrons. The maximum Gasteiger partial charge on any atom is 0.439 e. The summed E-state index contributed by atoms with van der Waals surface area (Å²) >= 11 is 0. The summed E-state index contributed by atoms with van der Waals surface area (Å²) in [6.07, 6.45) is -5.37. The Morgan fingerprint density at radius 2 is 1.86 bits per heavy atom. The van der Waals surface area contributed by atoms with Gasteiger partial charge >= 0.3 is 12.3 Å². The Balaban J connectivity index is 2.24. The molecule has 0 aliphatic carbocycles. The summed E-state index contributed by atoms with van der Waals surface area (Å²) in [5.41, 5.74) is -0.371. The molecular weight excluding hydrogens is 378 g/mol. The Morgan fingerprint density at radius 3 is 2.43 bits per heavy atom. The Morgan fingerprint density at radius 1 is 1.25 bits per heavy atom. The average molecular weight is 401 g/mol. The number of benzene rings is 1. The lowest BCUT2D eigenvalue weighted by Crippen LogP contribution is -2.21. The van der Waals surface area contributed by atoms with Gasteiger partial charge in [0.15, 0.2) is 0 Å². The third-order valence-corrected chi connectivity index (χ3v) is 4.05. The van der Waals surface area contributed by atoms with Crippen molar-refractivity contribution in [2.45, 2.75) is 46.2 Å². The van der Waals surface area contributed by atoms with E-state index in [1.165, 1.54) is 0 Å². The maximum atomic E-state index is 13.9. The molecule has 0 saturated carbocycles. The van der Waals surface area contributed by atoms with Crippen LogP contribution in [0.15, 0.2) is 24.3 Å². The van der Waals surface area contributed by atoms with Gasteiger partial charge in [0.05, 0.1) is 0 Å². The third-order valence-electron chi connectivity index (χ3n) is 4.05. The van der Waals surface area contributed by atoms with E-state index in [2.05, 4.69) is 35.9 Å². The van der Waals surface area contributed by atoms with Crippen LogP contribution in [0.1, 0.15) is 51.3 Å². The molecule has 1 atom stereocenters. The first-order chi connectivity index (χ1) is 12.8. The van der Waals surface area contributed by atoms with Gasteiger partial charge in [0.25, 0.3) is 5.95 Å². The molecule has 2 rings (SSSR count). The summed E-state index contributed by atoms with van der Waals surface area (Å²) in [5, 5.41) is 5.45. The van der Waals surface area contributed by atoms with Crippen molar-refractivity contribution in [3.05, 3.63) is 41.5 Å². The molecule has 0 saturated heterocycles. The number of hydrogen-bond donors (Lipinski definition) is 1. The Bertz CT molecular complexity index is 854. The number of nitrogens with zero attached hydrogens (tertiary/aromatic N) is 2. The summed E-state index contributed by atoms with van der Waals surface area (Å²) in [7, 11) is 0.985. The van der Waals surface area contributed by atoms with Gasteiger partial charge in [0, 0.05) is 12.7 Å². The van der Waals surface area contributed by atoms with Gasteiger partial charge in [-0.05, 0) is 29.4 Å². The summed E-state index contributed by atoms with van der Waals surface area (Å²) in [5.74, 6) is -2.58. The molecule has 1 N–H and O–H groups in total. The van der Waals surface area contributed by atoms with Crippen LogP contribution >= 0.6 is 0 Å². The molecule has 0 aliphatic heterocycles. The van der Waals surface area contributed by atoms with E-state index in [4.69, 9.17) is 0 Å². The van der Waals surface area contributed by atoms with Crippen molar-refractivity contribution in [2.24, 2.45) is 12.5 Å². The van der Waals surface area contributed by atoms with Gasteiger partial charge < -0.3 is 4.74 Å². The predicted octanol–water partition coefficient (Wildman–Crippen LogP) is 5.73. The van der Waals surface area contributed by atoms with Crippen LogP contribution in [0.3, 0.4) is 0 Å². The second-order valence-electron chi connectivity index (χ2n) is 7.86. The van der Waals surface area contributed by atoms with Crippen LogP contribution in [-0.4, -0.2) is 15.9 Å². The monoisotopic (exact) mass is 401 g/mol. The van der Waals surface area contributed by atoms with Crippen LogP contribution < -0.4 is 10.1 Å². The number of aromatic nitrogens is 2. The molecule has 9 heteroatoms. The predicted molar refractivity (Wildman–Crippen MR) is 96.7 cm³/mol. The lowest BCUT2D eigenvalue weighted by Gasteiger charge is -2.25. The summed E-state index contributed by atoms with van der Waals surface area (Å²) in [6, 6.07) is 6.90. The van der Waals surface area contributed by atoms with Gasteiger partial charge in [-0.3, -0.25) is 5.32 Å². The SMILES string of the molecule is CC(CC(C)(C)C)c1ccccc1NC(=O)Oc1c(C(F)(F)F)nn(C)c1F.